The number of H-pyrrole nitrogens is 1. The highest BCUT2D eigenvalue weighted by atomic mass is 16.5. The van der Waals surface area contributed by atoms with Crippen LogP contribution in [0.25, 0.3) is 11.0 Å². The Balaban J connectivity index is 1.26. The summed E-state index contributed by atoms with van der Waals surface area (Å²) in [5, 5.41) is 2.92. The molecule has 2 aromatic heterocycles. The average molecular weight is 521 g/mol. The lowest BCUT2D eigenvalue weighted by Crippen LogP contribution is -2.25. The molecule has 196 valence electrons. The van der Waals surface area contributed by atoms with Gasteiger partial charge in [0.1, 0.15) is 23.7 Å². The number of benzene rings is 3. The molecule has 0 aliphatic carbocycles. The molecule has 0 bridgehead atoms. The van der Waals surface area contributed by atoms with E-state index in [1.807, 2.05) is 48.5 Å². The first-order chi connectivity index (χ1) is 19.1. The number of methoxy groups -OCH3 is 1. The number of nitrogens with zero attached hydrogens (tertiary/aromatic N) is 4. The van der Waals surface area contributed by atoms with Gasteiger partial charge in [-0.2, -0.15) is 4.98 Å². The Morgan fingerprint density at radius 3 is 2.74 bits per heavy atom. The minimum absolute atomic E-state index is 0.221. The molecular weight excluding hydrogens is 492 g/mol. The third-order valence-corrected chi connectivity index (χ3v) is 6.75. The van der Waals surface area contributed by atoms with Crippen LogP contribution in [0.5, 0.6) is 11.6 Å². The number of nitrogens with one attached hydrogen (secondary N) is 2. The molecule has 0 spiro atoms. The number of rotatable bonds is 8. The number of amides is 1. The summed E-state index contributed by atoms with van der Waals surface area (Å²) in [6.07, 6.45) is 2.44. The van der Waals surface area contributed by atoms with E-state index in [0.717, 1.165) is 41.0 Å². The molecule has 3 aromatic carbocycles. The second-order valence-corrected chi connectivity index (χ2v) is 9.44. The summed E-state index contributed by atoms with van der Waals surface area (Å²) in [7, 11) is 1.63. The molecule has 1 aliphatic heterocycles. The third-order valence-electron chi connectivity index (χ3n) is 6.75. The van der Waals surface area contributed by atoms with Crippen LogP contribution in [0.2, 0.25) is 0 Å². The van der Waals surface area contributed by atoms with E-state index in [2.05, 4.69) is 50.3 Å². The monoisotopic (exact) mass is 520 g/mol. The second-order valence-electron chi connectivity index (χ2n) is 9.44. The third kappa shape index (κ3) is 5.11. The van der Waals surface area contributed by atoms with Crippen LogP contribution < -0.4 is 19.7 Å². The zero-order valence-corrected chi connectivity index (χ0v) is 21.8. The number of aromatic nitrogens is 4. The number of fused-ring (bicyclic) bond motifs is 2. The van der Waals surface area contributed by atoms with Crippen LogP contribution in [0.4, 0.5) is 11.6 Å². The highest BCUT2D eigenvalue weighted by molar-refractivity contribution is 5.96. The summed E-state index contributed by atoms with van der Waals surface area (Å²) in [6.45, 7) is 3.31. The van der Waals surface area contributed by atoms with Gasteiger partial charge in [-0.3, -0.25) is 4.79 Å². The molecule has 6 rings (SSSR count). The van der Waals surface area contributed by atoms with Gasteiger partial charge in [-0.1, -0.05) is 42.0 Å². The lowest BCUT2D eigenvalue weighted by atomic mass is 10.1. The number of aromatic amines is 1. The van der Waals surface area contributed by atoms with E-state index >= 15 is 0 Å². The van der Waals surface area contributed by atoms with Gasteiger partial charge >= 0.3 is 0 Å². The van der Waals surface area contributed by atoms with Crippen molar-refractivity contribution in [3.05, 3.63) is 101 Å². The second kappa shape index (κ2) is 10.4. The fourth-order valence-electron chi connectivity index (χ4n) is 4.71. The van der Waals surface area contributed by atoms with Crippen molar-refractivity contribution in [2.45, 2.75) is 26.5 Å². The van der Waals surface area contributed by atoms with Crippen LogP contribution in [0.1, 0.15) is 32.9 Å². The fraction of sp³-hybridized carbons (Fsp3) is 0.200. The Labute approximate surface area is 225 Å². The zero-order valence-electron chi connectivity index (χ0n) is 21.8. The molecule has 9 nitrogen and oxygen atoms in total. The van der Waals surface area contributed by atoms with Crippen molar-refractivity contribution in [2.75, 3.05) is 18.6 Å². The molecule has 0 unspecified atom stereocenters. The van der Waals surface area contributed by atoms with Crippen LogP contribution in [0.15, 0.2) is 72.9 Å². The molecule has 1 aliphatic rings. The number of para-hydroxylation sites is 2. The maximum atomic E-state index is 13.3. The van der Waals surface area contributed by atoms with Gasteiger partial charge in [0.2, 0.25) is 11.8 Å². The molecule has 5 aromatic rings. The van der Waals surface area contributed by atoms with Gasteiger partial charge in [0.15, 0.2) is 0 Å². The van der Waals surface area contributed by atoms with Crippen LogP contribution in [-0.4, -0.2) is 39.5 Å². The van der Waals surface area contributed by atoms with Crippen molar-refractivity contribution in [3.8, 4) is 11.6 Å². The highest BCUT2D eigenvalue weighted by Crippen LogP contribution is 2.34. The number of imidazole rings is 1. The van der Waals surface area contributed by atoms with E-state index in [4.69, 9.17) is 14.5 Å². The highest BCUT2D eigenvalue weighted by Gasteiger charge is 2.25. The Bertz CT molecular complexity index is 1610. The van der Waals surface area contributed by atoms with Crippen molar-refractivity contribution in [3.63, 3.8) is 0 Å². The van der Waals surface area contributed by atoms with Crippen molar-refractivity contribution in [1.29, 1.82) is 0 Å². The number of carbonyl (C=O) groups is 1. The fourth-order valence-corrected chi connectivity index (χ4v) is 4.71. The Hall–Kier alpha value is -4.92. The molecule has 0 saturated carbocycles. The summed E-state index contributed by atoms with van der Waals surface area (Å²) >= 11 is 0. The van der Waals surface area contributed by atoms with E-state index in [0.29, 0.717) is 11.8 Å². The van der Waals surface area contributed by atoms with Crippen LogP contribution in [0, 0.1) is 6.92 Å². The van der Waals surface area contributed by atoms with Gasteiger partial charge in [0.05, 0.1) is 24.7 Å². The summed E-state index contributed by atoms with van der Waals surface area (Å²) in [4.78, 5) is 32.4. The molecule has 39 heavy (non-hydrogen) atoms. The van der Waals surface area contributed by atoms with Crippen LogP contribution >= 0.6 is 0 Å². The molecule has 1 amide bonds. The number of anilines is 2. The number of ether oxygens (including phenoxy) is 2. The van der Waals surface area contributed by atoms with Crippen molar-refractivity contribution in [2.24, 2.45) is 0 Å². The molecule has 2 N–H and O–H groups in total. The molecule has 3 heterocycles. The predicted octanol–water partition coefficient (Wildman–Crippen LogP) is 4.87. The Kier molecular flexibility index (Phi) is 6.54. The average Bonchev–Trinajstić information content (AvgIpc) is 3.58. The SMILES string of the molecule is COc1ccc(COc2nc(N3CCc4cc(C)ccc43)ncc2C(=O)NCc2nc3ccccc3[nH]2)cc1. The summed E-state index contributed by atoms with van der Waals surface area (Å²) in [5.41, 5.74) is 6.49. The molecular formula is C30H28N6O3. The number of hydrogen-bond donors (Lipinski definition) is 2. The van der Waals surface area contributed by atoms with Gasteiger partial charge < -0.3 is 24.7 Å². The first-order valence-corrected chi connectivity index (χ1v) is 12.8. The van der Waals surface area contributed by atoms with Gasteiger partial charge in [0, 0.05) is 18.4 Å². The topological polar surface area (TPSA) is 105 Å². The number of aryl methyl sites for hydroxylation is 1. The molecule has 0 atom stereocenters. The van der Waals surface area contributed by atoms with Crippen molar-refractivity contribution < 1.29 is 14.3 Å². The summed E-state index contributed by atoms with van der Waals surface area (Å²) in [5.74, 6) is 1.79. The van der Waals surface area contributed by atoms with E-state index in [-0.39, 0.29) is 30.5 Å². The maximum Gasteiger partial charge on any atom is 0.258 e. The summed E-state index contributed by atoms with van der Waals surface area (Å²) in [6, 6.07) is 21.7. The van der Waals surface area contributed by atoms with Crippen molar-refractivity contribution in [1.82, 2.24) is 25.3 Å². The quantitative estimate of drug-likeness (QED) is 0.301. The van der Waals surface area contributed by atoms with Crippen LogP contribution in [-0.2, 0) is 19.6 Å². The van der Waals surface area contributed by atoms with Gasteiger partial charge in [-0.05, 0) is 54.8 Å². The first-order valence-electron chi connectivity index (χ1n) is 12.8. The van der Waals surface area contributed by atoms with Gasteiger partial charge in [-0.15, -0.1) is 0 Å². The smallest absolute Gasteiger partial charge is 0.258 e. The first kappa shape index (κ1) is 24.4. The molecule has 0 radical (unpaired) electrons. The number of carbonyl (C=O) groups excluding carboxylic acids is 1. The zero-order chi connectivity index (χ0) is 26.8. The maximum absolute atomic E-state index is 13.3. The Morgan fingerprint density at radius 1 is 1.08 bits per heavy atom. The van der Waals surface area contributed by atoms with Gasteiger partial charge in [-0.25, -0.2) is 9.97 Å². The standard InChI is InChI=1S/C30H28N6O3/c1-19-7-12-26-21(15-19)13-14-36(26)30-32-16-23(29(35-30)39-18-20-8-10-22(38-2)11-9-20)28(37)31-17-27-33-24-5-3-4-6-25(24)34-27/h3-12,15-16H,13-14,17-18H2,1-2H3,(H,31,37)(H,33,34). The minimum atomic E-state index is -0.343. The Morgan fingerprint density at radius 2 is 1.92 bits per heavy atom. The molecule has 0 saturated heterocycles. The van der Waals surface area contributed by atoms with Crippen molar-refractivity contribution >= 4 is 28.6 Å². The largest absolute Gasteiger partial charge is 0.497 e. The summed E-state index contributed by atoms with van der Waals surface area (Å²) < 4.78 is 11.4. The lowest BCUT2D eigenvalue weighted by Gasteiger charge is -2.19. The number of hydrogen-bond acceptors (Lipinski definition) is 7. The lowest BCUT2D eigenvalue weighted by molar-refractivity contribution is 0.0944. The van der Waals surface area contributed by atoms with E-state index < -0.39 is 0 Å². The molecule has 9 heteroatoms. The van der Waals surface area contributed by atoms with Gasteiger partial charge in [0.25, 0.3) is 5.91 Å². The predicted molar refractivity (Wildman–Crippen MR) is 149 cm³/mol. The van der Waals surface area contributed by atoms with E-state index in [1.54, 1.807) is 7.11 Å². The van der Waals surface area contributed by atoms with E-state index in [9.17, 15) is 4.79 Å². The molecule has 0 fully saturated rings. The minimum Gasteiger partial charge on any atom is -0.497 e. The normalized spacial score (nSPS) is 12.4. The van der Waals surface area contributed by atoms with Crippen LogP contribution in [0.3, 0.4) is 0 Å². The van der Waals surface area contributed by atoms with E-state index in [1.165, 1.54) is 17.3 Å².